The highest BCUT2D eigenvalue weighted by Crippen LogP contribution is 2.25. The predicted molar refractivity (Wildman–Crippen MR) is 114 cm³/mol. The zero-order chi connectivity index (χ0) is 24.5. The molecule has 4 N–H and O–H groups in total. The minimum absolute atomic E-state index is 0.149. The Balaban J connectivity index is 3.22. The first-order valence-corrected chi connectivity index (χ1v) is 9.94. The molecule has 1 aromatic carbocycles. The molecule has 0 saturated carbocycles. The van der Waals surface area contributed by atoms with E-state index in [1.807, 2.05) is 0 Å². The molecule has 0 bridgehead atoms. The largest absolute Gasteiger partial charge is 0.508 e. The van der Waals surface area contributed by atoms with Gasteiger partial charge in [0.2, 0.25) is 11.8 Å². The molecule has 2 atom stereocenters. The number of ether oxygens (including phenoxy) is 2. The van der Waals surface area contributed by atoms with Crippen molar-refractivity contribution in [3.63, 3.8) is 0 Å². The van der Waals surface area contributed by atoms with Crippen molar-refractivity contribution >= 4 is 23.9 Å². The summed E-state index contributed by atoms with van der Waals surface area (Å²) in [6.45, 7) is 5.22. The zero-order valence-corrected chi connectivity index (χ0v) is 18.9. The maximum atomic E-state index is 13.1. The monoisotopic (exact) mass is 453 g/mol. The summed E-state index contributed by atoms with van der Waals surface area (Å²) in [5.41, 5.74) is -0.547. The van der Waals surface area contributed by atoms with Crippen LogP contribution in [0.25, 0.3) is 0 Å². The first-order chi connectivity index (χ1) is 14.9. The highest BCUT2D eigenvalue weighted by molar-refractivity contribution is 5.93. The third-order valence-electron chi connectivity index (χ3n) is 4.11. The average Bonchev–Trinajstić information content (AvgIpc) is 2.69. The van der Waals surface area contributed by atoms with Crippen molar-refractivity contribution in [2.45, 2.75) is 45.4 Å². The molecule has 0 fully saturated rings. The number of aliphatic hydroxyl groups is 1. The SMILES string of the molecule is COC(=O)CNC(=O)C(c1cccc(O)c1)N(CCO)C(=O)C(C)NC(=O)OC(C)(C)C. The lowest BCUT2D eigenvalue weighted by atomic mass is 10.0. The van der Waals surface area contributed by atoms with Crippen LogP contribution >= 0.6 is 0 Å². The fourth-order valence-electron chi connectivity index (χ4n) is 2.76. The van der Waals surface area contributed by atoms with Crippen LogP contribution in [0.15, 0.2) is 24.3 Å². The number of phenolic OH excluding ortho intramolecular Hbond substituents is 1. The number of benzene rings is 1. The molecule has 0 saturated heterocycles. The van der Waals surface area contributed by atoms with Gasteiger partial charge in [-0.05, 0) is 45.4 Å². The fourth-order valence-corrected chi connectivity index (χ4v) is 2.76. The molecule has 1 aromatic rings. The molecule has 1 rings (SSSR count). The van der Waals surface area contributed by atoms with E-state index in [4.69, 9.17) is 4.74 Å². The van der Waals surface area contributed by atoms with Gasteiger partial charge in [0, 0.05) is 6.54 Å². The first kappa shape index (κ1) is 26.7. The molecule has 0 aliphatic rings. The Morgan fingerprint density at radius 2 is 1.84 bits per heavy atom. The molecule has 0 radical (unpaired) electrons. The van der Waals surface area contributed by atoms with Crippen LogP contribution < -0.4 is 10.6 Å². The van der Waals surface area contributed by atoms with Gasteiger partial charge in [0.05, 0.1) is 13.7 Å². The van der Waals surface area contributed by atoms with Crippen molar-refractivity contribution in [1.29, 1.82) is 0 Å². The van der Waals surface area contributed by atoms with Crippen molar-refractivity contribution in [2.75, 3.05) is 26.8 Å². The highest BCUT2D eigenvalue weighted by atomic mass is 16.6. The standard InChI is InChI=1S/C21H31N3O8/c1-13(23-20(30)32-21(2,3)4)19(29)24(9-10-25)17(14-7-6-8-15(26)11-14)18(28)22-12-16(27)31-5/h6-8,11,13,17,25-26H,9-10,12H2,1-5H3,(H,22,28)(H,23,30). The maximum Gasteiger partial charge on any atom is 0.408 e. The number of esters is 1. The van der Waals surface area contributed by atoms with Crippen LogP contribution in [0.5, 0.6) is 5.75 Å². The Morgan fingerprint density at radius 3 is 2.38 bits per heavy atom. The summed E-state index contributed by atoms with van der Waals surface area (Å²) in [4.78, 5) is 50.6. The van der Waals surface area contributed by atoms with E-state index in [0.29, 0.717) is 0 Å². The Hall–Kier alpha value is -3.34. The molecule has 32 heavy (non-hydrogen) atoms. The van der Waals surface area contributed by atoms with Crippen molar-refractivity contribution in [3.05, 3.63) is 29.8 Å². The molecule has 0 aliphatic carbocycles. The van der Waals surface area contributed by atoms with Crippen LogP contribution in [0.1, 0.15) is 39.3 Å². The van der Waals surface area contributed by atoms with Crippen LogP contribution in [0, 0.1) is 0 Å². The number of phenols is 1. The second kappa shape index (κ2) is 11.9. The Labute approximate surface area is 186 Å². The van der Waals surface area contributed by atoms with Crippen molar-refractivity contribution in [1.82, 2.24) is 15.5 Å². The lowest BCUT2D eigenvalue weighted by molar-refractivity contribution is -0.145. The van der Waals surface area contributed by atoms with Gasteiger partial charge >= 0.3 is 12.1 Å². The van der Waals surface area contributed by atoms with E-state index in [0.717, 1.165) is 12.0 Å². The summed E-state index contributed by atoms with van der Waals surface area (Å²) in [5.74, 6) is -2.28. The molecule has 3 amide bonds. The number of aliphatic hydroxyl groups excluding tert-OH is 1. The van der Waals surface area contributed by atoms with Gasteiger partial charge in [0.25, 0.3) is 0 Å². The van der Waals surface area contributed by atoms with Gasteiger partial charge in [-0.1, -0.05) is 12.1 Å². The quantitative estimate of drug-likeness (QED) is 0.393. The normalized spacial score (nSPS) is 12.8. The summed E-state index contributed by atoms with van der Waals surface area (Å²) in [7, 11) is 1.16. The summed E-state index contributed by atoms with van der Waals surface area (Å²) >= 11 is 0. The molecule has 11 heteroatoms. The second-order valence-corrected chi connectivity index (χ2v) is 7.91. The number of carbonyl (C=O) groups excluding carboxylic acids is 4. The number of hydrogen-bond acceptors (Lipinski definition) is 8. The first-order valence-electron chi connectivity index (χ1n) is 9.94. The minimum atomic E-state index is -1.31. The number of nitrogens with one attached hydrogen (secondary N) is 2. The highest BCUT2D eigenvalue weighted by Gasteiger charge is 2.34. The summed E-state index contributed by atoms with van der Waals surface area (Å²) < 4.78 is 9.66. The third kappa shape index (κ3) is 8.42. The van der Waals surface area contributed by atoms with Gasteiger partial charge in [-0.2, -0.15) is 0 Å². The van der Waals surface area contributed by atoms with Crippen LogP contribution in [0.3, 0.4) is 0 Å². The van der Waals surface area contributed by atoms with Gasteiger partial charge in [0.15, 0.2) is 0 Å². The van der Waals surface area contributed by atoms with Crippen molar-refractivity contribution in [2.24, 2.45) is 0 Å². The summed E-state index contributed by atoms with van der Waals surface area (Å²) in [6.07, 6.45) is -0.827. The van der Waals surface area contributed by atoms with Crippen LogP contribution in [-0.2, 0) is 23.9 Å². The van der Waals surface area contributed by atoms with E-state index in [1.54, 1.807) is 20.8 Å². The molecule has 178 valence electrons. The van der Waals surface area contributed by atoms with E-state index in [-0.39, 0.29) is 17.9 Å². The lowest BCUT2D eigenvalue weighted by Crippen LogP contribution is -2.53. The van der Waals surface area contributed by atoms with Crippen LogP contribution in [0.2, 0.25) is 0 Å². The van der Waals surface area contributed by atoms with E-state index in [2.05, 4.69) is 15.4 Å². The van der Waals surface area contributed by atoms with Gasteiger partial charge in [-0.25, -0.2) is 4.79 Å². The van der Waals surface area contributed by atoms with Gasteiger partial charge in [-0.15, -0.1) is 0 Å². The Bertz CT molecular complexity index is 822. The molecule has 0 heterocycles. The number of rotatable bonds is 9. The average molecular weight is 453 g/mol. The Kier molecular flexibility index (Phi) is 9.92. The number of hydrogen-bond donors (Lipinski definition) is 4. The molecule has 0 aromatic heterocycles. The lowest BCUT2D eigenvalue weighted by Gasteiger charge is -2.33. The number of methoxy groups -OCH3 is 1. The fraction of sp³-hybridized carbons (Fsp3) is 0.524. The van der Waals surface area contributed by atoms with E-state index >= 15 is 0 Å². The molecule has 0 aliphatic heterocycles. The zero-order valence-electron chi connectivity index (χ0n) is 18.9. The topological polar surface area (TPSA) is 154 Å². The predicted octanol–water partition coefficient (Wildman–Crippen LogP) is 0.457. The van der Waals surface area contributed by atoms with E-state index < -0.39 is 54.7 Å². The molecular weight excluding hydrogens is 422 g/mol. The number of alkyl carbamates (subject to hydrolysis) is 1. The molecule has 11 nitrogen and oxygen atoms in total. The maximum absolute atomic E-state index is 13.1. The minimum Gasteiger partial charge on any atom is -0.508 e. The van der Waals surface area contributed by atoms with Gasteiger partial charge in [-0.3, -0.25) is 14.4 Å². The number of nitrogens with zero attached hydrogens (tertiary/aromatic N) is 1. The Morgan fingerprint density at radius 1 is 1.19 bits per heavy atom. The second-order valence-electron chi connectivity index (χ2n) is 7.91. The van der Waals surface area contributed by atoms with E-state index in [9.17, 15) is 29.4 Å². The summed E-state index contributed by atoms with van der Waals surface area (Å²) in [6, 6.07) is 3.24. The molecule has 2 unspecified atom stereocenters. The van der Waals surface area contributed by atoms with Crippen LogP contribution in [0.4, 0.5) is 4.79 Å². The van der Waals surface area contributed by atoms with Crippen molar-refractivity contribution < 1.29 is 38.9 Å². The number of amides is 3. The summed E-state index contributed by atoms with van der Waals surface area (Å²) in [5, 5.41) is 24.2. The smallest absolute Gasteiger partial charge is 0.408 e. The number of aromatic hydroxyl groups is 1. The van der Waals surface area contributed by atoms with Gasteiger partial charge < -0.3 is 35.2 Å². The third-order valence-corrected chi connectivity index (χ3v) is 4.11. The number of carbonyl (C=O) groups is 4. The van der Waals surface area contributed by atoms with Crippen molar-refractivity contribution in [3.8, 4) is 5.75 Å². The molecule has 0 spiro atoms. The molecular formula is C21H31N3O8. The van der Waals surface area contributed by atoms with Crippen LogP contribution in [-0.4, -0.2) is 77.4 Å². The van der Waals surface area contributed by atoms with E-state index in [1.165, 1.54) is 31.2 Å². The van der Waals surface area contributed by atoms with Gasteiger partial charge in [0.1, 0.15) is 30.0 Å².